The number of hydrogen-bond donors (Lipinski definition) is 1. The Morgan fingerprint density at radius 3 is 2.65 bits per heavy atom. The second-order valence-corrected chi connectivity index (χ2v) is 6.73. The molecule has 0 aliphatic heterocycles. The largest absolute Gasteiger partial charge is 0.337 e. The Hall–Kier alpha value is -1.50. The fourth-order valence-electron chi connectivity index (χ4n) is 3.15. The highest BCUT2D eigenvalue weighted by atomic mass is 35.5. The summed E-state index contributed by atoms with van der Waals surface area (Å²) in [5.41, 5.74) is 6.15. The molecule has 1 aliphatic carbocycles. The highest BCUT2D eigenvalue weighted by Crippen LogP contribution is 2.37. The van der Waals surface area contributed by atoms with E-state index in [1.54, 1.807) is 17.0 Å². The lowest BCUT2D eigenvalue weighted by Crippen LogP contribution is -2.34. The number of rotatable bonds is 4. The zero-order chi connectivity index (χ0) is 16.6. The molecule has 1 aromatic heterocycles. The van der Waals surface area contributed by atoms with Gasteiger partial charge in [-0.25, -0.2) is 4.39 Å². The van der Waals surface area contributed by atoms with Crippen molar-refractivity contribution in [3.8, 4) is 0 Å². The minimum absolute atomic E-state index is 0.300. The molecule has 0 bridgehead atoms. The lowest BCUT2D eigenvalue weighted by atomic mass is 9.98. The Balaban J connectivity index is 2.02. The van der Waals surface area contributed by atoms with Crippen molar-refractivity contribution in [2.75, 3.05) is 14.1 Å². The zero-order valence-corrected chi connectivity index (χ0v) is 14.0. The van der Waals surface area contributed by atoms with Crippen molar-refractivity contribution in [3.63, 3.8) is 0 Å². The molecule has 5 nitrogen and oxygen atoms in total. The summed E-state index contributed by atoms with van der Waals surface area (Å²) in [7, 11) is 3.62. The van der Waals surface area contributed by atoms with Gasteiger partial charge in [0.05, 0.1) is 5.54 Å². The zero-order valence-electron chi connectivity index (χ0n) is 13.2. The van der Waals surface area contributed by atoms with Crippen LogP contribution in [0.5, 0.6) is 0 Å². The van der Waals surface area contributed by atoms with E-state index < -0.39 is 17.4 Å². The van der Waals surface area contributed by atoms with Gasteiger partial charge in [-0.2, -0.15) is 4.98 Å². The number of nitrogens with two attached hydrogens (primary N) is 1. The molecular formula is C16H20ClFN4O. The maximum absolute atomic E-state index is 14.3. The number of aromatic nitrogens is 2. The van der Waals surface area contributed by atoms with Crippen LogP contribution in [0.4, 0.5) is 4.39 Å². The van der Waals surface area contributed by atoms with Crippen LogP contribution in [0.25, 0.3) is 0 Å². The molecule has 1 atom stereocenters. The molecule has 23 heavy (non-hydrogen) atoms. The maximum atomic E-state index is 14.3. The smallest absolute Gasteiger partial charge is 0.248 e. The van der Waals surface area contributed by atoms with Crippen LogP contribution in [-0.4, -0.2) is 29.1 Å². The molecule has 7 heteroatoms. The van der Waals surface area contributed by atoms with Gasteiger partial charge in [-0.3, -0.25) is 4.90 Å². The quantitative estimate of drug-likeness (QED) is 0.926. The van der Waals surface area contributed by atoms with Gasteiger partial charge >= 0.3 is 0 Å². The third kappa shape index (κ3) is 2.98. The Morgan fingerprint density at radius 2 is 2.04 bits per heavy atom. The summed E-state index contributed by atoms with van der Waals surface area (Å²) in [6, 6.07) is 4.03. The van der Waals surface area contributed by atoms with Crippen LogP contribution in [0.2, 0.25) is 5.02 Å². The predicted molar refractivity (Wildman–Crippen MR) is 85.6 cm³/mol. The van der Waals surface area contributed by atoms with Gasteiger partial charge < -0.3 is 10.3 Å². The van der Waals surface area contributed by atoms with Crippen molar-refractivity contribution in [3.05, 3.63) is 46.3 Å². The Labute approximate surface area is 139 Å². The Kier molecular flexibility index (Phi) is 4.40. The monoisotopic (exact) mass is 338 g/mol. The minimum atomic E-state index is -0.560. The molecule has 2 N–H and O–H groups in total. The molecule has 1 unspecified atom stereocenters. The first kappa shape index (κ1) is 16.4. The number of benzene rings is 1. The second-order valence-electron chi connectivity index (χ2n) is 6.32. The topological polar surface area (TPSA) is 68.2 Å². The Bertz CT molecular complexity index is 677. The van der Waals surface area contributed by atoms with E-state index in [2.05, 4.69) is 10.1 Å². The van der Waals surface area contributed by atoms with E-state index in [-0.39, 0.29) is 0 Å². The number of halogens is 2. The summed E-state index contributed by atoms with van der Waals surface area (Å²) in [5.74, 6) is 0.386. The molecule has 1 aliphatic rings. The van der Waals surface area contributed by atoms with E-state index in [1.807, 2.05) is 14.1 Å². The first-order valence-electron chi connectivity index (χ1n) is 7.66. The molecule has 1 saturated carbocycles. The minimum Gasteiger partial charge on any atom is -0.337 e. The maximum Gasteiger partial charge on any atom is 0.248 e. The fraction of sp³-hybridized carbons (Fsp3) is 0.500. The molecule has 0 amide bonds. The molecule has 1 fully saturated rings. The fourth-order valence-corrected chi connectivity index (χ4v) is 3.42. The van der Waals surface area contributed by atoms with Crippen LogP contribution < -0.4 is 5.73 Å². The van der Waals surface area contributed by atoms with E-state index in [4.69, 9.17) is 21.9 Å². The normalized spacial score (nSPS) is 18.5. The summed E-state index contributed by atoms with van der Waals surface area (Å²) in [4.78, 5) is 6.27. The number of nitrogens with zero attached hydrogens (tertiary/aromatic N) is 3. The first-order valence-corrected chi connectivity index (χ1v) is 8.03. The third-order valence-electron chi connectivity index (χ3n) is 4.41. The van der Waals surface area contributed by atoms with Crippen LogP contribution >= 0.6 is 11.6 Å². The van der Waals surface area contributed by atoms with Crippen LogP contribution in [0.1, 0.15) is 49.0 Å². The standard InChI is InChI=1S/C16H20ClFN4O/c1-22(2)13(12-10(17)6-5-7-11(12)18)14-20-15(21-23-14)16(19)8-3-4-9-16/h5-7,13H,3-4,8-9,19H2,1-2H3. The van der Waals surface area contributed by atoms with Crippen LogP contribution in [0.15, 0.2) is 22.7 Å². The molecule has 1 heterocycles. The van der Waals surface area contributed by atoms with Gasteiger partial charge in [0.25, 0.3) is 0 Å². The van der Waals surface area contributed by atoms with Crippen LogP contribution in [-0.2, 0) is 5.54 Å². The van der Waals surface area contributed by atoms with Gasteiger partial charge in [-0.05, 0) is 39.1 Å². The molecule has 2 aromatic rings. The summed E-state index contributed by atoms with van der Waals surface area (Å²) in [6.45, 7) is 0. The van der Waals surface area contributed by atoms with Crippen molar-refractivity contribution < 1.29 is 8.91 Å². The molecule has 124 valence electrons. The van der Waals surface area contributed by atoms with E-state index in [1.165, 1.54) is 6.07 Å². The van der Waals surface area contributed by atoms with Crippen molar-refractivity contribution in [1.82, 2.24) is 15.0 Å². The van der Waals surface area contributed by atoms with Gasteiger partial charge in [0, 0.05) is 10.6 Å². The number of hydrogen-bond acceptors (Lipinski definition) is 5. The second kappa shape index (κ2) is 6.19. The van der Waals surface area contributed by atoms with Crippen LogP contribution in [0.3, 0.4) is 0 Å². The van der Waals surface area contributed by atoms with Gasteiger partial charge in [-0.1, -0.05) is 35.7 Å². The van der Waals surface area contributed by atoms with Gasteiger partial charge in [0.2, 0.25) is 5.89 Å². The van der Waals surface area contributed by atoms with Crippen molar-refractivity contribution in [1.29, 1.82) is 0 Å². The highest BCUT2D eigenvalue weighted by Gasteiger charge is 2.37. The molecule has 0 spiro atoms. The van der Waals surface area contributed by atoms with E-state index >= 15 is 0 Å². The van der Waals surface area contributed by atoms with E-state index in [0.29, 0.717) is 22.3 Å². The van der Waals surface area contributed by atoms with Crippen molar-refractivity contribution >= 4 is 11.6 Å². The summed E-state index contributed by atoms with van der Waals surface area (Å²) in [6.07, 6.45) is 3.77. The average molecular weight is 339 g/mol. The lowest BCUT2D eigenvalue weighted by Gasteiger charge is -2.22. The molecule has 0 saturated heterocycles. The van der Waals surface area contributed by atoms with Gasteiger partial charge in [0.1, 0.15) is 11.9 Å². The first-order chi connectivity index (χ1) is 10.9. The third-order valence-corrected chi connectivity index (χ3v) is 4.74. The average Bonchev–Trinajstić information content (AvgIpc) is 3.12. The molecule has 0 radical (unpaired) electrons. The van der Waals surface area contributed by atoms with Gasteiger partial charge in [-0.15, -0.1) is 0 Å². The predicted octanol–water partition coefficient (Wildman–Crippen LogP) is 3.24. The summed E-state index contributed by atoms with van der Waals surface area (Å²) in [5, 5.41) is 4.38. The Morgan fingerprint density at radius 1 is 1.35 bits per heavy atom. The van der Waals surface area contributed by atoms with Crippen LogP contribution in [0, 0.1) is 5.82 Å². The molecular weight excluding hydrogens is 319 g/mol. The van der Waals surface area contributed by atoms with Crippen molar-refractivity contribution in [2.45, 2.75) is 37.3 Å². The lowest BCUT2D eigenvalue weighted by molar-refractivity contribution is 0.254. The summed E-state index contributed by atoms with van der Waals surface area (Å²) >= 11 is 6.20. The van der Waals surface area contributed by atoms with Gasteiger partial charge in [0.15, 0.2) is 5.82 Å². The highest BCUT2D eigenvalue weighted by molar-refractivity contribution is 6.31. The molecule has 3 rings (SSSR count). The summed E-state index contributed by atoms with van der Waals surface area (Å²) < 4.78 is 19.7. The van der Waals surface area contributed by atoms with Crippen molar-refractivity contribution in [2.24, 2.45) is 5.73 Å². The SMILES string of the molecule is CN(C)C(c1nc(C2(N)CCCC2)no1)c1c(F)cccc1Cl. The molecule has 1 aromatic carbocycles. The van der Waals surface area contributed by atoms with E-state index in [9.17, 15) is 4.39 Å². The van der Waals surface area contributed by atoms with E-state index in [0.717, 1.165) is 25.7 Å².